The van der Waals surface area contributed by atoms with Crippen LogP contribution < -0.4 is 10.1 Å². The van der Waals surface area contributed by atoms with Gasteiger partial charge < -0.3 is 24.6 Å². The minimum absolute atomic E-state index is 0.0977. The molecule has 0 amide bonds. The molecule has 1 atom stereocenters. The molecule has 3 heterocycles. The number of anilines is 1. The number of aliphatic hydroxyl groups is 1. The van der Waals surface area contributed by atoms with Crippen molar-refractivity contribution in [3.8, 4) is 5.88 Å². The Hall–Kier alpha value is -2.03. The lowest BCUT2D eigenvalue weighted by Crippen LogP contribution is -2.26. The van der Waals surface area contributed by atoms with Crippen molar-refractivity contribution in [1.29, 1.82) is 0 Å². The van der Waals surface area contributed by atoms with Crippen LogP contribution in [-0.4, -0.2) is 65.2 Å². The number of aliphatic hydroxyl groups excluding tert-OH is 1. The van der Waals surface area contributed by atoms with Crippen LogP contribution in [-0.2, 0) is 9.47 Å². The summed E-state index contributed by atoms with van der Waals surface area (Å²) in [7, 11) is 1.68. The van der Waals surface area contributed by atoms with Crippen LogP contribution in [0, 0.1) is 0 Å². The maximum Gasteiger partial charge on any atom is 0.224 e. The van der Waals surface area contributed by atoms with E-state index in [1.807, 2.05) is 19.3 Å². The van der Waals surface area contributed by atoms with Crippen LogP contribution in [0.1, 0.15) is 56.9 Å². The SMILES string of the molecule is COC[C@@H](C)Nc1ncc2c(OC3CCOCC3)ncc([C@H]3CC[C@H](O)CC3)c2n1. The van der Waals surface area contributed by atoms with Crippen LogP contribution in [0.25, 0.3) is 10.9 Å². The summed E-state index contributed by atoms with van der Waals surface area (Å²) < 4.78 is 16.9. The Morgan fingerprint density at radius 1 is 1.13 bits per heavy atom. The summed E-state index contributed by atoms with van der Waals surface area (Å²) in [5.41, 5.74) is 2.00. The smallest absolute Gasteiger partial charge is 0.224 e. The normalized spacial score (nSPS) is 24.0. The number of ether oxygens (including phenoxy) is 3. The Bertz CT molecular complexity index is 835. The highest BCUT2D eigenvalue weighted by Crippen LogP contribution is 2.38. The summed E-state index contributed by atoms with van der Waals surface area (Å²) in [5, 5.41) is 14.1. The number of hydrogen-bond donors (Lipinski definition) is 2. The van der Waals surface area contributed by atoms with Crippen LogP contribution in [0.5, 0.6) is 5.88 Å². The zero-order valence-corrected chi connectivity index (χ0v) is 17.8. The lowest BCUT2D eigenvalue weighted by atomic mass is 9.83. The average Bonchev–Trinajstić information content (AvgIpc) is 2.75. The van der Waals surface area contributed by atoms with Crippen LogP contribution in [0.15, 0.2) is 12.4 Å². The van der Waals surface area contributed by atoms with Crippen molar-refractivity contribution in [3.05, 3.63) is 18.0 Å². The van der Waals surface area contributed by atoms with Crippen LogP contribution in [0.4, 0.5) is 5.95 Å². The number of rotatable bonds is 7. The van der Waals surface area contributed by atoms with E-state index in [0.29, 0.717) is 37.6 Å². The maximum absolute atomic E-state index is 9.91. The van der Waals surface area contributed by atoms with E-state index in [2.05, 4.69) is 15.3 Å². The Labute approximate surface area is 177 Å². The number of pyridine rings is 1. The van der Waals surface area contributed by atoms with E-state index in [9.17, 15) is 5.11 Å². The lowest BCUT2D eigenvalue weighted by molar-refractivity contribution is 0.0244. The third-order valence-corrected chi connectivity index (χ3v) is 5.99. The summed E-state index contributed by atoms with van der Waals surface area (Å²) >= 11 is 0. The number of aromatic nitrogens is 3. The molecule has 2 fully saturated rings. The third kappa shape index (κ3) is 4.99. The molecule has 164 valence electrons. The summed E-state index contributed by atoms with van der Waals surface area (Å²) in [5.74, 6) is 1.50. The van der Waals surface area contributed by atoms with Gasteiger partial charge in [-0.1, -0.05) is 0 Å². The van der Waals surface area contributed by atoms with Crippen molar-refractivity contribution < 1.29 is 19.3 Å². The number of hydrogen-bond acceptors (Lipinski definition) is 8. The van der Waals surface area contributed by atoms with Gasteiger partial charge in [-0.15, -0.1) is 0 Å². The molecule has 4 rings (SSSR count). The van der Waals surface area contributed by atoms with E-state index < -0.39 is 0 Å². The van der Waals surface area contributed by atoms with Gasteiger partial charge >= 0.3 is 0 Å². The van der Waals surface area contributed by atoms with Gasteiger partial charge in [0.15, 0.2) is 0 Å². The molecule has 2 aromatic heterocycles. The molecule has 30 heavy (non-hydrogen) atoms. The Morgan fingerprint density at radius 2 is 1.90 bits per heavy atom. The first-order valence-electron chi connectivity index (χ1n) is 11.0. The molecular weight excluding hydrogens is 384 g/mol. The van der Waals surface area contributed by atoms with Gasteiger partial charge in [0.25, 0.3) is 0 Å². The molecule has 8 nitrogen and oxygen atoms in total. The van der Waals surface area contributed by atoms with Gasteiger partial charge in [0, 0.05) is 44.0 Å². The van der Waals surface area contributed by atoms with E-state index in [4.69, 9.17) is 19.2 Å². The number of nitrogens with zero attached hydrogens (tertiary/aromatic N) is 3. The molecule has 2 N–H and O–H groups in total. The monoisotopic (exact) mass is 416 g/mol. The molecule has 1 saturated carbocycles. The lowest BCUT2D eigenvalue weighted by Gasteiger charge is -2.27. The van der Waals surface area contributed by atoms with Gasteiger partial charge in [0.1, 0.15) is 6.10 Å². The molecule has 2 aliphatic rings. The molecule has 1 aliphatic heterocycles. The zero-order chi connectivity index (χ0) is 20.9. The second kappa shape index (κ2) is 9.85. The number of methoxy groups -OCH3 is 1. The molecule has 0 radical (unpaired) electrons. The molecule has 2 aromatic rings. The van der Waals surface area contributed by atoms with E-state index in [1.165, 1.54) is 0 Å². The molecule has 1 aliphatic carbocycles. The summed E-state index contributed by atoms with van der Waals surface area (Å²) in [6, 6.07) is 0.0977. The fourth-order valence-corrected chi connectivity index (χ4v) is 4.33. The van der Waals surface area contributed by atoms with Crippen LogP contribution in [0.2, 0.25) is 0 Å². The minimum Gasteiger partial charge on any atom is -0.474 e. The molecular formula is C22H32N4O4. The fourth-order valence-electron chi connectivity index (χ4n) is 4.33. The molecule has 0 unspecified atom stereocenters. The Balaban J connectivity index is 1.67. The topological polar surface area (TPSA) is 98.6 Å². The first-order valence-corrected chi connectivity index (χ1v) is 11.0. The summed E-state index contributed by atoms with van der Waals surface area (Å²) in [4.78, 5) is 14.0. The van der Waals surface area contributed by atoms with Crippen molar-refractivity contribution in [2.45, 2.75) is 69.6 Å². The van der Waals surface area contributed by atoms with Crippen LogP contribution in [0.3, 0.4) is 0 Å². The average molecular weight is 417 g/mol. The van der Waals surface area contributed by atoms with Gasteiger partial charge in [-0.3, -0.25) is 0 Å². The quantitative estimate of drug-likeness (QED) is 0.711. The molecule has 1 saturated heterocycles. The second-order valence-corrected chi connectivity index (χ2v) is 8.41. The highest BCUT2D eigenvalue weighted by Gasteiger charge is 2.26. The van der Waals surface area contributed by atoms with Gasteiger partial charge in [0.2, 0.25) is 11.8 Å². The zero-order valence-electron chi connectivity index (χ0n) is 17.8. The Morgan fingerprint density at radius 3 is 2.63 bits per heavy atom. The third-order valence-electron chi connectivity index (χ3n) is 5.99. The van der Waals surface area contributed by atoms with Crippen molar-refractivity contribution >= 4 is 16.9 Å². The van der Waals surface area contributed by atoms with Gasteiger partial charge in [0.05, 0.1) is 36.8 Å². The van der Waals surface area contributed by atoms with E-state index in [0.717, 1.165) is 55.0 Å². The van der Waals surface area contributed by atoms with Gasteiger partial charge in [-0.25, -0.2) is 15.0 Å². The molecule has 0 aromatic carbocycles. The van der Waals surface area contributed by atoms with Crippen molar-refractivity contribution in [2.75, 3.05) is 32.2 Å². The first-order chi connectivity index (χ1) is 14.6. The minimum atomic E-state index is -0.196. The van der Waals surface area contributed by atoms with E-state index in [-0.39, 0.29) is 18.2 Å². The van der Waals surface area contributed by atoms with Crippen molar-refractivity contribution in [2.24, 2.45) is 0 Å². The molecule has 8 heteroatoms. The van der Waals surface area contributed by atoms with E-state index in [1.54, 1.807) is 7.11 Å². The highest BCUT2D eigenvalue weighted by molar-refractivity contribution is 5.86. The number of nitrogens with one attached hydrogen (secondary N) is 1. The predicted octanol–water partition coefficient (Wildman–Crippen LogP) is 3.05. The summed E-state index contributed by atoms with van der Waals surface area (Å²) in [6.07, 6.45) is 8.85. The van der Waals surface area contributed by atoms with Gasteiger partial charge in [-0.2, -0.15) is 0 Å². The fraction of sp³-hybridized carbons (Fsp3) is 0.682. The Kier molecular flexibility index (Phi) is 6.97. The van der Waals surface area contributed by atoms with Crippen molar-refractivity contribution in [1.82, 2.24) is 15.0 Å². The second-order valence-electron chi connectivity index (χ2n) is 8.41. The molecule has 0 bridgehead atoms. The largest absolute Gasteiger partial charge is 0.474 e. The van der Waals surface area contributed by atoms with Crippen molar-refractivity contribution in [3.63, 3.8) is 0 Å². The standard InChI is InChI=1S/C22H32N4O4/c1-14(13-28-2)25-22-24-12-19-20(26-22)18(15-3-5-16(27)6-4-15)11-23-21(19)30-17-7-9-29-10-8-17/h11-12,14-17,27H,3-10,13H2,1-2H3,(H,24,25,26)/t14-,15-,16-/m1/s1. The van der Waals surface area contributed by atoms with Crippen LogP contribution >= 0.6 is 0 Å². The van der Waals surface area contributed by atoms with E-state index >= 15 is 0 Å². The van der Waals surface area contributed by atoms with Gasteiger partial charge in [-0.05, 0) is 38.5 Å². The predicted molar refractivity (Wildman–Crippen MR) is 114 cm³/mol. The highest BCUT2D eigenvalue weighted by atomic mass is 16.5. The molecule has 0 spiro atoms. The first kappa shape index (κ1) is 21.2. The summed E-state index contributed by atoms with van der Waals surface area (Å²) in [6.45, 7) is 4.04. The maximum atomic E-state index is 9.91. The number of fused-ring (bicyclic) bond motifs is 1.